The van der Waals surface area contributed by atoms with Crippen LogP contribution in [0.15, 0.2) is 0 Å². The fourth-order valence-electron chi connectivity index (χ4n) is 5.69. The predicted molar refractivity (Wildman–Crippen MR) is 192 cm³/mol. The van der Waals surface area contributed by atoms with Gasteiger partial charge >= 0.3 is 17.9 Å². The summed E-state index contributed by atoms with van der Waals surface area (Å²) < 4.78 is 16.5. The second-order valence-corrected chi connectivity index (χ2v) is 14.5. The van der Waals surface area contributed by atoms with Crippen molar-refractivity contribution >= 4 is 17.9 Å². The van der Waals surface area contributed by atoms with Crippen molar-refractivity contribution in [2.24, 2.45) is 11.8 Å². The van der Waals surface area contributed by atoms with Crippen molar-refractivity contribution in [2.75, 3.05) is 13.2 Å². The molecular weight excluding hydrogens is 576 g/mol. The number of hydrogen-bond donors (Lipinski definition) is 0. The van der Waals surface area contributed by atoms with Gasteiger partial charge in [0.25, 0.3) is 0 Å². The molecule has 0 aromatic heterocycles. The minimum Gasteiger partial charge on any atom is -0.462 e. The minimum atomic E-state index is -0.758. The van der Waals surface area contributed by atoms with Gasteiger partial charge in [0.2, 0.25) is 0 Å². The van der Waals surface area contributed by atoms with Crippen molar-refractivity contribution in [3.05, 3.63) is 0 Å². The monoisotopic (exact) mass is 653 g/mol. The van der Waals surface area contributed by atoms with E-state index in [1.54, 1.807) is 0 Å². The number of unbranched alkanes of at least 4 members (excludes halogenated alkanes) is 19. The van der Waals surface area contributed by atoms with Crippen molar-refractivity contribution in [3.63, 3.8) is 0 Å². The Kier molecular flexibility index (Phi) is 32.2. The summed E-state index contributed by atoms with van der Waals surface area (Å²) in [5.74, 6) is 0.702. The normalized spacial score (nSPS) is 12.1. The SMILES string of the molecule is CCCCCCCC(=O)OC[C@@H](COC(=O)CCCCCCCCCCCCCC(C)C)OC(=O)CCCCCCCCC(C)C. The average molecular weight is 653 g/mol. The molecule has 0 aliphatic heterocycles. The summed E-state index contributed by atoms with van der Waals surface area (Å²) in [4.78, 5) is 37.2. The van der Waals surface area contributed by atoms with Crippen LogP contribution in [-0.2, 0) is 28.6 Å². The van der Waals surface area contributed by atoms with E-state index in [-0.39, 0.29) is 31.1 Å². The maximum absolute atomic E-state index is 12.5. The Bertz CT molecular complexity index is 704. The molecule has 0 heterocycles. The Balaban J connectivity index is 4.23. The van der Waals surface area contributed by atoms with Crippen molar-refractivity contribution < 1.29 is 28.6 Å². The molecule has 0 aliphatic carbocycles. The molecule has 0 aromatic rings. The molecule has 0 bridgehead atoms. The molecule has 0 saturated heterocycles. The van der Waals surface area contributed by atoms with Crippen molar-refractivity contribution in [1.29, 1.82) is 0 Å². The van der Waals surface area contributed by atoms with Gasteiger partial charge in [0.1, 0.15) is 13.2 Å². The minimum absolute atomic E-state index is 0.0678. The number of carbonyl (C=O) groups is 3. The zero-order chi connectivity index (χ0) is 34.1. The zero-order valence-electron chi connectivity index (χ0n) is 31.2. The van der Waals surface area contributed by atoms with Gasteiger partial charge in [0.15, 0.2) is 6.10 Å². The van der Waals surface area contributed by atoms with Gasteiger partial charge in [-0.25, -0.2) is 0 Å². The van der Waals surface area contributed by atoms with Crippen molar-refractivity contribution in [2.45, 2.75) is 214 Å². The summed E-state index contributed by atoms with van der Waals surface area (Å²) in [6.07, 6.45) is 28.5. The molecule has 0 spiro atoms. The Labute approximate surface area is 285 Å². The van der Waals surface area contributed by atoms with Gasteiger partial charge in [0, 0.05) is 19.3 Å². The number of hydrogen-bond acceptors (Lipinski definition) is 6. The standard InChI is InChI=1S/C40H76O6/c1-6-7-8-18-25-30-38(41)44-33-37(46-40(43)32-27-22-17-16-20-24-29-36(4)5)34-45-39(42)31-26-21-15-13-11-9-10-12-14-19-23-28-35(2)3/h35-37H,6-34H2,1-5H3/t37-/m0/s1. The van der Waals surface area contributed by atoms with E-state index in [0.717, 1.165) is 76.0 Å². The quantitative estimate of drug-likeness (QED) is 0.0391. The molecule has 6 heteroatoms. The summed E-state index contributed by atoms with van der Waals surface area (Å²) in [7, 11) is 0. The Hall–Kier alpha value is -1.59. The lowest BCUT2D eigenvalue weighted by Gasteiger charge is -2.18. The molecule has 46 heavy (non-hydrogen) atoms. The molecule has 0 aliphatic rings. The number of esters is 3. The molecule has 0 radical (unpaired) electrons. The number of ether oxygens (including phenoxy) is 3. The molecule has 0 rings (SSSR count). The van der Waals surface area contributed by atoms with E-state index in [0.29, 0.717) is 19.3 Å². The molecule has 272 valence electrons. The smallest absolute Gasteiger partial charge is 0.306 e. The van der Waals surface area contributed by atoms with Crippen LogP contribution in [0.3, 0.4) is 0 Å². The predicted octanol–water partition coefficient (Wildman–Crippen LogP) is 11.8. The highest BCUT2D eigenvalue weighted by Crippen LogP contribution is 2.15. The number of rotatable bonds is 34. The van der Waals surface area contributed by atoms with Gasteiger partial charge in [-0.1, -0.05) is 169 Å². The summed E-state index contributed by atoms with van der Waals surface area (Å²) in [6.45, 7) is 11.2. The van der Waals surface area contributed by atoms with E-state index in [9.17, 15) is 14.4 Å². The molecule has 0 saturated carbocycles. The van der Waals surface area contributed by atoms with Crippen molar-refractivity contribution in [3.8, 4) is 0 Å². The van der Waals surface area contributed by atoms with Crippen LogP contribution < -0.4 is 0 Å². The van der Waals surface area contributed by atoms with E-state index in [2.05, 4.69) is 34.6 Å². The van der Waals surface area contributed by atoms with Gasteiger partial charge in [0.05, 0.1) is 0 Å². The first-order valence-electron chi connectivity index (χ1n) is 19.7. The third-order valence-electron chi connectivity index (χ3n) is 8.72. The van der Waals surface area contributed by atoms with Crippen LogP contribution in [0.5, 0.6) is 0 Å². The van der Waals surface area contributed by atoms with Gasteiger partial charge in [-0.05, 0) is 31.1 Å². The molecule has 0 N–H and O–H groups in total. The Morgan fingerprint density at radius 3 is 1.07 bits per heavy atom. The van der Waals surface area contributed by atoms with Crippen LogP contribution in [0.1, 0.15) is 208 Å². The highest BCUT2D eigenvalue weighted by molar-refractivity contribution is 5.71. The molecule has 0 fully saturated rings. The zero-order valence-corrected chi connectivity index (χ0v) is 31.2. The molecular formula is C40H76O6. The lowest BCUT2D eigenvalue weighted by Crippen LogP contribution is -2.30. The molecule has 0 unspecified atom stereocenters. The fourth-order valence-corrected chi connectivity index (χ4v) is 5.69. The van der Waals surface area contributed by atoms with E-state index in [1.807, 2.05) is 0 Å². The summed E-state index contributed by atoms with van der Waals surface area (Å²) in [5.41, 5.74) is 0. The van der Waals surface area contributed by atoms with Gasteiger partial charge in [-0.3, -0.25) is 14.4 Å². The lowest BCUT2D eigenvalue weighted by atomic mass is 10.0. The first-order chi connectivity index (χ1) is 22.2. The Morgan fingerprint density at radius 1 is 0.413 bits per heavy atom. The van der Waals surface area contributed by atoms with Crippen LogP contribution in [-0.4, -0.2) is 37.2 Å². The van der Waals surface area contributed by atoms with Gasteiger partial charge in [-0.15, -0.1) is 0 Å². The van der Waals surface area contributed by atoms with Crippen LogP contribution in [0.25, 0.3) is 0 Å². The van der Waals surface area contributed by atoms with E-state index in [4.69, 9.17) is 14.2 Å². The van der Waals surface area contributed by atoms with Crippen LogP contribution in [0, 0.1) is 11.8 Å². The largest absolute Gasteiger partial charge is 0.462 e. The molecule has 1 atom stereocenters. The Morgan fingerprint density at radius 2 is 0.717 bits per heavy atom. The van der Waals surface area contributed by atoms with Crippen LogP contribution >= 0.6 is 0 Å². The first-order valence-corrected chi connectivity index (χ1v) is 19.7. The lowest BCUT2D eigenvalue weighted by molar-refractivity contribution is -0.167. The topological polar surface area (TPSA) is 78.9 Å². The third-order valence-corrected chi connectivity index (χ3v) is 8.72. The third kappa shape index (κ3) is 33.8. The molecule has 6 nitrogen and oxygen atoms in total. The summed E-state index contributed by atoms with van der Waals surface area (Å²) in [5, 5.41) is 0. The summed E-state index contributed by atoms with van der Waals surface area (Å²) in [6, 6.07) is 0. The van der Waals surface area contributed by atoms with Gasteiger partial charge in [-0.2, -0.15) is 0 Å². The van der Waals surface area contributed by atoms with E-state index >= 15 is 0 Å². The van der Waals surface area contributed by atoms with E-state index in [1.165, 1.54) is 89.9 Å². The van der Waals surface area contributed by atoms with Crippen LogP contribution in [0.2, 0.25) is 0 Å². The molecule has 0 aromatic carbocycles. The highest BCUT2D eigenvalue weighted by Gasteiger charge is 2.19. The second kappa shape index (κ2) is 33.3. The second-order valence-electron chi connectivity index (χ2n) is 14.5. The summed E-state index contributed by atoms with van der Waals surface area (Å²) >= 11 is 0. The molecule has 0 amide bonds. The maximum Gasteiger partial charge on any atom is 0.306 e. The first kappa shape index (κ1) is 44.4. The maximum atomic E-state index is 12.5. The van der Waals surface area contributed by atoms with E-state index < -0.39 is 6.10 Å². The van der Waals surface area contributed by atoms with Gasteiger partial charge < -0.3 is 14.2 Å². The number of carbonyl (C=O) groups excluding carboxylic acids is 3. The van der Waals surface area contributed by atoms with Crippen molar-refractivity contribution in [1.82, 2.24) is 0 Å². The fraction of sp³-hybridized carbons (Fsp3) is 0.925. The van der Waals surface area contributed by atoms with Crippen LogP contribution in [0.4, 0.5) is 0 Å². The average Bonchev–Trinajstić information content (AvgIpc) is 3.01. The highest BCUT2D eigenvalue weighted by atomic mass is 16.6.